The molecule has 0 heterocycles. The molecule has 6 heteroatoms. The van der Waals surface area contributed by atoms with Crippen molar-refractivity contribution in [3.8, 4) is 0 Å². The largest absolute Gasteiger partial charge is 0.392 e. The molecule has 0 amide bonds. The Hall–Kier alpha value is -0.200. The highest BCUT2D eigenvalue weighted by Gasteiger charge is 2.31. The molecule has 3 N–H and O–H groups in total. The Morgan fingerprint density at radius 1 is 1.47 bits per heavy atom. The fraction of sp³-hybridized carbons (Fsp3) is 0.909. The van der Waals surface area contributed by atoms with Gasteiger partial charge in [-0.2, -0.15) is 0 Å². The SMILES string of the molecule is CCC(C(N)=S)S(=O)(=O)NC(C)C1CCCC1. The molecule has 1 aliphatic carbocycles. The van der Waals surface area contributed by atoms with Crippen LogP contribution in [0.1, 0.15) is 46.0 Å². The van der Waals surface area contributed by atoms with E-state index in [2.05, 4.69) is 4.72 Å². The number of nitrogens with two attached hydrogens (primary N) is 1. The van der Waals surface area contributed by atoms with Gasteiger partial charge < -0.3 is 5.73 Å². The Bertz CT molecular complexity index is 362. The first-order chi connectivity index (χ1) is 7.88. The Morgan fingerprint density at radius 2 is 2.00 bits per heavy atom. The quantitative estimate of drug-likeness (QED) is 0.723. The van der Waals surface area contributed by atoms with Gasteiger partial charge in [-0.15, -0.1) is 0 Å². The second kappa shape index (κ2) is 6.11. The molecule has 2 atom stereocenters. The van der Waals surface area contributed by atoms with Gasteiger partial charge in [0.25, 0.3) is 0 Å². The molecule has 1 aliphatic rings. The summed E-state index contributed by atoms with van der Waals surface area (Å²) in [6, 6.07) is -0.0223. The zero-order chi connectivity index (χ0) is 13.1. The fourth-order valence-electron chi connectivity index (χ4n) is 2.47. The van der Waals surface area contributed by atoms with Gasteiger partial charge in [0.15, 0.2) is 0 Å². The van der Waals surface area contributed by atoms with E-state index >= 15 is 0 Å². The van der Waals surface area contributed by atoms with Crippen molar-refractivity contribution in [1.82, 2.24) is 4.72 Å². The Balaban J connectivity index is 2.67. The molecule has 1 rings (SSSR count). The average Bonchev–Trinajstić information content (AvgIpc) is 2.68. The zero-order valence-corrected chi connectivity index (χ0v) is 12.1. The Kier molecular flexibility index (Phi) is 5.34. The number of hydrogen-bond acceptors (Lipinski definition) is 3. The van der Waals surface area contributed by atoms with Gasteiger partial charge >= 0.3 is 0 Å². The summed E-state index contributed by atoms with van der Waals surface area (Å²) in [5.74, 6) is 0.452. The monoisotopic (exact) mass is 278 g/mol. The molecular formula is C11H22N2O2S2. The number of thiocarbonyl (C=S) groups is 1. The van der Waals surface area contributed by atoms with Crippen LogP contribution >= 0.6 is 12.2 Å². The van der Waals surface area contributed by atoms with Crippen LogP contribution < -0.4 is 10.5 Å². The second-order valence-electron chi connectivity index (χ2n) is 4.80. The van der Waals surface area contributed by atoms with Gasteiger partial charge in [-0.25, -0.2) is 13.1 Å². The van der Waals surface area contributed by atoms with E-state index in [0.29, 0.717) is 12.3 Å². The van der Waals surface area contributed by atoms with Crippen molar-refractivity contribution in [1.29, 1.82) is 0 Å². The van der Waals surface area contributed by atoms with Gasteiger partial charge in [0.05, 0.1) is 4.99 Å². The third kappa shape index (κ3) is 3.89. The summed E-state index contributed by atoms with van der Waals surface area (Å²) >= 11 is 4.81. The predicted molar refractivity (Wildman–Crippen MR) is 74.3 cm³/mol. The molecule has 0 bridgehead atoms. The number of rotatable bonds is 6. The minimum Gasteiger partial charge on any atom is -0.392 e. The molecule has 17 heavy (non-hydrogen) atoms. The van der Waals surface area contributed by atoms with E-state index < -0.39 is 15.3 Å². The maximum absolute atomic E-state index is 12.1. The van der Waals surface area contributed by atoms with Gasteiger partial charge in [0.2, 0.25) is 10.0 Å². The molecular weight excluding hydrogens is 256 g/mol. The van der Waals surface area contributed by atoms with Crippen LogP contribution in [0.2, 0.25) is 0 Å². The van der Waals surface area contributed by atoms with Gasteiger partial charge in [0, 0.05) is 6.04 Å². The first-order valence-corrected chi connectivity index (χ1v) is 8.14. The highest BCUT2D eigenvalue weighted by Crippen LogP contribution is 2.28. The molecule has 0 saturated heterocycles. The first-order valence-electron chi connectivity index (χ1n) is 6.19. The van der Waals surface area contributed by atoms with Crippen LogP contribution in [0, 0.1) is 5.92 Å². The molecule has 0 radical (unpaired) electrons. The van der Waals surface area contributed by atoms with E-state index in [4.69, 9.17) is 18.0 Å². The molecule has 0 aromatic rings. The number of hydrogen-bond donors (Lipinski definition) is 2. The topological polar surface area (TPSA) is 72.2 Å². The second-order valence-corrected chi connectivity index (χ2v) is 7.16. The molecule has 0 aromatic carbocycles. The van der Waals surface area contributed by atoms with Gasteiger partial charge in [-0.05, 0) is 32.1 Å². The summed E-state index contributed by atoms with van der Waals surface area (Å²) < 4.78 is 26.9. The third-order valence-electron chi connectivity index (χ3n) is 3.52. The number of nitrogens with one attached hydrogen (secondary N) is 1. The lowest BCUT2D eigenvalue weighted by Gasteiger charge is -2.23. The maximum Gasteiger partial charge on any atom is 0.221 e. The van der Waals surface area contributed by atoms with Crippen molar-refractivity contribution >= 4 is 27.2 Å². The van der Waals surface area contributed by atoms with Crippen molar-refractivity contribution in [3.05, 3.63) is 0 Å². The van der Waals surface area contributed by atoms with E-state index in [-0.39, 0.29) is 11.0 Å². The summed E-state index contributed by atoms with van der Waals surface area (Å²) in [6.45, 7) is 3.71. The minimum absolute atomic E-state index is 0.0223. The lowest BCUT2D eigenvalue weighted by molar-refractivity contribution is 0.423. The van der Waals surface area contributed by atoms with E-state index in [0.717, 1.165) is 12.8 Å². The molecule has 0 spiro atoms. The van der Waals surface area contributed by atoms with Crippen molar-refractivity contribution in [2.45, 2.75) is 57.2 Å². The Labute approximate surface area is 109 Å². The normalized spacial score (nSPS) is 21.3. The molecule has 1 fully saturated rings. The predicted octanol–water partition coefficient (Wildman–Crippen LogP) is 1.55. The van der Waals surface area contributed by atoms with Crippen LogP contribution in [-0.4, -0.2) is 24.7 Å². The Morgan fingerprint density at radius 3 is 2.41 bits per heavy atom. The standard InChI is InChI=1S/C11H22N2O2S2/c1-3-10(11(12)16)17(14,15)13-8(2)9-6-4-5-7-9/h8-10,13H,3-7H2,1-2H3,(H2,12,16). The van der Waals surface area contributed by atoms with E-state index in [9.17, 15) is 8.42 Å². The van der Waals surface area contributed by atoms with E-state index in [1.54, 1.807) is 6.92 Å². The third-order valence-corrected chi connectivity index (χ3v) is 5.99. The number of sulfonamides is 1. The lowest BCUT2D eigenvalue weighted by Crippen LogP contribution is -2.46. The van der Waals surface area contributed by atoms with Crippen molar-refractivity contribution in [2.75, 3.05) is 0 Å². The first kappa shape index (κ1) is 14.9. The van der Waals surface area contributed by atoms with Gasteiger partial charge in [-0.1, -0.05) is 32.0 Å². The lowest BCUT2D eigenvalue weighted by atomic mass is 10.0. The summed E-state index contributed by atoms with van der Waals surface area (Å²) in [4.78, 5) is 0.0543. The molecule has 0 aliphatic heterocycles. The van der Waals surface area contributed by atoms with Crippen LogP contribution in [0.25, 0.3) is 0 Å². The van der Waals surface area contributed by atoms with Crippen LogP contribution in [0.3, 0.4) is 0 Å². The smallest absolute Gasteiger partial charge is 0.221 e. The van der Waals surface area contributed by atoms with Crippen LogP contribution in [-0.2, 0) is 10.0 Å². The highest BCUT2D eigenvalue weighted by molar-refractivity contribution is 7.93. The van der Waals surface area contributed by atoms with E-state index in [1.807, 2.05) is 6.92 Å². The molecule has 2 unspecified atom stereocenters. The molecule has 4 nitrogen and oxygen atoms in total. The summed E-state index contributed by atoms with van der Waals surface area (Å²) in [6.07, 6.45) is 5.02. The summed E-state index contributed by atoms with van der Waals surface area (Å²) in [7, 11) is -3.42. The summed E-state index contributed by atoms with van der Waals surface area (Å²) in [5.41, 5.74) is 5.47. The van der Waals surface area contributed by atoms with Crippen LogP contribution in [0.15, 0.2) is 0 Å². The van der Waals surface area contributed by atoms with Crippen molar-refractivity contribution in [2.24, 2.45) is 11.7 Å². The highest BCUT2D eigenvalue weighted by atomic mass is 32.2. The molecule has 100 valence electrons. The molecule has 0 aromatic heterocycles. The van der Waals surface area contributed by atoms with Crippen LogP contribution in [0.4, 0.5) is 0 Å². The molecule has 1 saturated carbocycles. The fourth-order valence-corrected chi connectivity index (χ4v) is 4.63. The zero-order valence-electron chi connectivity index (χ0n) is 10.5. The van der Waals surface area contributed by atoms with Crippen LogP contribution in [0.5, 0.6) is 0 Å². The van der Waals surface area contributed by atoms with Crippen molar-refractivity contribution in [3.63, 3.8) is 0 Å². The summed E-state index contributed by atoms with van der Waals surface area (Å²) in [5, 5.41) is -0.749. The minimum atomic E-state index is -3.42. The maximum atomic E-state index is 12.1. The van der Waals surface area contributed by atoms with Gasteiger partial charge in [0.1, 0.15) is 5.25 Å². The van der Waals surface area contributed by atoms with E-state index in [1.165, 1.54) is 12.8 Å². The van der Waals surface area contributed by atoms with Gasteiger partial charge in [-0.3, -0.25) is 0 Å². The average molecular weight is 278 g/mol. The van der Waals surface area contributed by atoms with Crippen molar-refractivity contribution < 1.29 is 8.42 Å².